The van der Waals surface area contributed by atoms with Crippen molar-refractivity contribution in [2.45, 2.75) is 55.9 Å². The Labute approximate surface area is 94.6 Å². The molecule has 4 unspecified atom stereocenters. The Bertz CT molecular complexity index is 216. The van der Waals surface area contributed by atoms with Crippen molar-refractivity contribution >= 4 is 23.7 Å². The van der Waals surface area contributed by atoms with E-state index in [0.717, 1.165) is 25.7 Å². The van der Waals surface area contributed by atoms with E-state index < -0.39 is 11.1 Å². The third-order valence-electron chi connectivity index (χ3n) is 3.14. The molecule has 0 amide bonds. The van der Waals surface area contributed by atoms with E-state index in [-0.39, 0.29) is 10.00 Å². The van der Waals surface area contributed by atoms with Crippen molar-refractivity contribution in [1.82, 2.24) is 0 Å². The quantitative estimate of drug-likeness (QED) is 0.454. The molecule has 0 bridgehead atoms. The fraction of sp³-hybridized carbons (Fsp3) is 1.00. The molecule has 4 atom stereocenters. The molecule has 4 heteroatoms. The van der Waals surface area contributed by atoms with Crippen LogP contribution in [0.1, 0.15) is 46.0 Å². The van der Waals surface area contributed by atoms with Gasteiger partial charge >= 0.3 is 0 Å². The molecule has 1 rings (SSSR count). The smallest absolute Gasteiger partial charge is 0.0228 e. The molecular formula is C10H19O2S2-. The number of hydrogen-bond donors (Lipinski definition) is 1. The molecule has 0 N–H and O–H groups in total. The zero-order valence-electron chi connectivity index (χ0n) is 8.86. The van der Waals surface area contributed by atoms with Crippen molar-refractivity contribution in [2.75, 3.05) is 0 Å². The molecule has 0 radical (unpaired) electrons. The highest BCUT2D eigenvalue weighted by Crippen LogP contribution is 2.37. The number of rotatable bonds is 2. The average molecular weight is 235 g/mol. The molecule has 0 aromatic heterocycles. The summed E-state index contributed by atoms with van der Waals surface area (Å²) in [6.45, 7) is 4.23. The first-order valence-corrected chi connectivity index (χ1v) is 6.83. The third-order valence-corrected chi connectivity index (χ3v) is 4.45. The minimum absolute atomic E-state index is 0.109. The van der Waals surface area contributed by atoms with Crippen LogP contribution in [0.4, 0.5) is 0 Å². The minimum atomic E-state index is -1.93. The fourth-order valence-electron chi connectivity index (χ4n) is 2.33. The summed E-state index contributed by atoms with van der Waals surface area (Å²) in [4.78, 5) is 0. The first-order valence-electron chi connectivity index (χ1n) is 5.25. The van der Waals surface area contributed by atoms with E-state index in [9.17, 15) is 8.76 Å². The Morgan fingerprint density at radius 1 is 1.50 bits per heavy atom. The maximum Gasteiger partial charge on any atom is 0.0228 e. The Balaban J connectivity index is 2.68. The Morgan fingerprint density at radius 2 is 2.14 bits per heavy atom. The predicted molar refractivity (Wildman–Crippen MR) is 62.3 cm³/mol. The lowest BCUT2D eigenvalue weighted by Gasteiger charge is -2.28. The molecule has 14 heavy (non-hydrogen) atoms. The van der Waals surface area contributed by atoms with Gasteiger partial charge in [0.05, 0.1) is 0 Å². The van der Waals surface area contributed by atoms with E-state index in [0.29, 0.717) is 12.3 Å². The van der Waals surface area contributed by atoms with Gasteiger partial charge in [-0.05, 0) is 31.6 Å². The largest absolute Gasteiger partial charge is 0.772 e. The summed E-state index contributed by atoms with van der Waals surface area (Å²) in [6.07, 6.45) is 4.72. The van der Waals surface area contributed by atoms with E-state index in [1.165, 1.54) is 0 Å². The average Bonchev–Trinajstić information content (AvgIpc) is 2.23. The van der Waals surface area contributed by atoms with Gasteiger partial charge < -0.3 is 4.55 Å². The van der Waals surface area contributed by atoms with Crippen molar-refractivity contribution in [3.05, 3.63) is 0 Å². The maximum atomic E-state index is 11.0. The molecule has 0 saturated heterocycles. The summed E-state index contributed by atoms with van der Waals surface area (Å²) < 4.78 is 21.8. The van der Waals surface area contributed by atoms with Crippen LogP contribution in [0.15, 0.2) is 0 Å². The Morgan fingerprint density at radius 3 is 2.64 bits per heavy atom. The lowest BCUT2D eigenvalue weighted by atomic mass is 9.92. The minimum Gasteiger partial charge on any atom is -0.772 e. The Kier molecular flexibility index (Phi) is 4.47. The van der Waals surface area contributed by atoms with Gasteiger partial charge in [-0.3, -0.25) is 4.21 Å². The van der Waals surface area contributed by atoms with E-state index in [4.69, 9.17) is 0 Å². The van der Waals surface area contributed by atoms with Gasteiger partial charge in [0, 0.05) is 10.00 Å². The molecular weight excluding hydrogens is 216 g/mol. The second-order valence-electron chi connectivity index (χ2n) is 4.64. The van der Waals surface area contributed by atoms with Gasteiger partial charge in [0.15, 0.2) is 0 Å². The predicted octanol–water partition coefficient (Wildman–Crippen LogP) is 2.52. The van der Waals surface area contributed by atoms with Crippen molar-refractivity contribution in [3.8, 4) is 0 Å². The monoisotopic (exact) mass is 235 g/mol. The summed E-state index contributed by atoms with van der Waals surface area (Å²) >= 11 is 2.66. The van der Waals surface area contributed by atoms with Crippen LogP contribution in [0.3, 0.4) is 0 Å². The maximum absolute atomic E-state index is 11.0. The lowest BCUT2D eigenvalue weighted by Crippen LogP contribution is -2.25. The van der Waals surface area contributed by atoms with Gasteiger partial charge in [0.1, 0.15) is 0 Å². The second kappa shape index (κ2) is 4.99. The highest BCUT2D eigenvalue weighted by atomic mass is 32.2. The van der Waals surface area contributed by atoms with Crippen molar-refractivity contribution in [3.63, 3.8) is 0 Å². The molecule has 1 aliphatic carbocycles. The zero-order valence-corrected chi connectivity index (χ0v) is 10.6. The molecule has 0 aromatic carbocycles. The van der Waals surface area contributed by atoms with Crippen molar-refractivity contribution in [1.29, 1.82) is 0 Å². The summed E-state index contributed by atoms with van der Waals surface area (Å²) in [7, 11) is 0. The van der Waals surface area contributed by atoms with Gasteiger partial charge in [-0.25, -0.2) is 0 Å². The first-order chi connectivity index (χ1) is 6.44. The molecule has 0 heterocycles. The molecule has 1 fully saturated rings. The summed E-state index contributed by atoms with van der Waals surface area (Å²) in [6, 6.07) is 0. The summed E-state index contributed by atoms with van der Waals surface area (Å²) in [5, 5.41) is -0.186. The van der Waals surface area contributed by atoms with Crippen LogP contribution < -0.4 is 0 Å². The molecule has 84 valence electrons. The zero-order chi connectivity index (χ0) is 10.8. The van der Waals surface area contributed by atoms with E-state index >= 15 is 0 Å². The molecule has 0 aromatic rings. The van der Waals surface area contributed by atoms with Crippen LogP contribution in [-0.2, 0) is 11.1 Å². The van der Waals surface area contributed by atoms with Crippen LogP contribution >= 0.6 is 12.6 Å². The molecule has 1 aliphatic rings. The molecule has 2 nitrogen and oxygen atoms in total. The fourth-order valence-corrected chi connectivity index (χ4v) is 3.77. The van der Waals surface area contributed by atoms with E-state index in [1.807, 2.05) is 0 Å². The van der Waals surface area contributed by atoms with Gasteiger partial charge in [-0.1, -0.05) is 31.3 Å². The topological polar surface area (TPSA) is 40.1 Å². The third kappa shape index (κ3) is 3.55. The summed E-state index contributed by atoms with van der Waals surface area (Å²) in [5.74, 6) is 0.644. The van der Waals surface area contributed by atoms with Crippen LogP contribution in [-0.4, -0.2) is 18.8 Å². The van der Waals surface area contributed by atoms with Crippen LogP contribution in [0.5, 0.6) is 0 Å². The van der Waals surface area contributed by atoms with Crippen molar-refractivity contribution < 1.29 is 8.76 Å². The van der Waals surface area contributed by atoms with Gasteiger partial charge in [-0.2, -0.15) is 12.6 Å². The van der Waals surface area contributed by atoms with Crippen LogP contribution in [0.2, 0.25) is 0 Å². The number of thiol groups is 1. The van der Waals surface area contributed by atoms with Gasteiger partial charge in [0.2, 0.25) is 0 Å². The first kappa shape index (κ1) is 12.5. The van der Waals surface area contributed by atoms with E-state index in [2.05, 4.69) is 26.5 Å². The Hall–Kier alpha value is 0.460. The second-order valence-corrected chi connectivity index (χ2v) is 6.91. The van der Waals surface area contributed by atoms with Gasteiger partial charge in [0.25, 0.3) is 0 Å². The standard InChI is InChI=1S/C10H20O2S2/c1-3-8-4-5-9(14(11)12)7-10(2,13)6-8/h8-9,13H,3-7H2,1-2H3,(H,11,12)/p-1. The van der Waals surface area contributed by atoms with Crippen LogP contribution in [0.25, 0.3) is 0 Å². The summed E-state index contributed by atoms with van der Waals surface area (Å²) in [5.41, 5.74) is 0. The highest BCUT2D eigenvalue weighted by molar-refractivity contribution is 7.82. The van der Waals surface area contributed by atoms with Crippen LogP contribution in [0, 0.1) is 5.92 Å². The lowest BCUT2D eigenvalue weighted by molar-refractivity contribution is 0.412. The molecule has 1 saturated carbocycles. The van der Waals surface area contributed by atoms with E-state index in [1.54, 1.807) is 0 Å². The number of hydrogen-bond acceptors (Lipinski definition) is 3. The van der Waals surface area contributed by atoms with Crippen molar-refractivity contribution in [2.24, 2.45) is 5.92 Å². The highest BCUT2D eigenvalue weighted by Gasteiger charge is 2.31. The molecule has 0 aliphatic heterocycles. The normalized spacial score (nSPS) is 41.7. The SMILES string of the molecule is CCC1CCC(S(=O)[O-])CC(C)(S)C1. The molecule has 0 spiro atoms. The van der Waals surface area contributed by atoms with Gasteiger partial charge in [-0.15, -0.1) is 0 Å².